The number of hydrogen-bond acceptors (Lipinski definition) is 4. The normalized spacial score (nSPS) is 13.5. The van der Waals surface area contributed by atoms with Gasteiger partial charge in [0.05, 0.1) is 0 Å². The van der Waals surface area contributed by atoms with Gasteiger partial charge in [-0.15, -0.1) is 0 Å². The molecule has 0 aliphatic heterocycles. The maximum absolute atomic E-state index is 10.7. The van der Waals surface area contributed by atoms with Crippen molar-refractivity contribution in [3.63, 3.8) is 0 Å². The van der Waals surface area contributed by atoms with E-state index in [0.717, 1.165) is 0 Å². The minimum Gasteiger partial charge on any atom is -0.385 e. The van der Waals surface area contributed by atoms with Crippen LogP contribution in [0.15, 0.2) is 48.5 Å². The monoisotopic (exact) mass is 270 g/mol. The molecule has 2 rings (SSSR count). The molecule has 4 heteroatoms. The standard InChI is InChI=1S/C16H14O4/c17-9-11-3-1-5-13(7-11)15(19)16(20)14-6-2-4-12(8-14)10-18/h1-10,15-16,19-20H. The molecule has 0 amide bonds. The number of carbonyl (C=O) groups is 2. The number of aldehydes is 2. The van der Waals surface area contributed by atoms with E-state index in [-0.39, 0.29) is 0 Å². The zero-order chi connectivity index (χ0) is 14.5. The zero-order valence-corrected chi connectivity index (χ0v) is 10.6. The second-order valence-corrected chi connectivity index (χ2v) is 4.47. The molecule has 0 bridgehead atoms. The summed E-state index contributed by atoms with van der Waals surface area (Å²) in [5, 5.41) is 20.3. The lowest BCUT2D eigenvalue weighted by molar-refractivity contribution is 0.0172. The van der Waals surface area contributed by atoms with Gasteiger partial charge in [0, 0.05) is 11.1 Å². The van der Waals surface area contributed by atoms with Gasteiger partial charge in [-0.2, -0.15) is 0 Å². The Balaban J connectivity index is 2.28. The molecule has 102 valence electrons. The summed E-state index contributed by atoms with van der Waals surface area (Å²) >= 11 is 0. The Morgan fingerprint density at radius 3 is 1.50 bits per heavy atom. The van der Waals surface area contributed by atoms with Crippen molar-refractivity contribution in [2.75, 3.05) is 0 Å². The molecule has 0 fully saturated rings. The third-order valence-corrected chi connectivity index (χ3v) is 3.08. The highest BCUT2D eigenvalue weighted by atomic mass is 16.3. The maximum Gasteiger partial charge on any atom is 0.150 e. The van der Waals surface area contributed by atoms with E-state index in [1.54, 1.807) is 36.4 Å². The molecule has 20 heavy (non-hydrogen) atoms. The van der Waals surface area contributed by atoms with Gasteiger partial charge in [0.15, 0.2) is 0 Å². The summed E-state index contributed by atoms with van der Waals surface area (Å²) in [6.45, 7) is 0. The third kappa shape index (κ3) is 2.99. The van der Waals surface area contributed by atoms with Crippen LogP contribution in [0.3, 0.4) is 0 Å². The molecule has 0 saturated heterocycles. The molecule has 0 aliphatic rings. The minimum atomic E-state index is -1.17. The molecule has 0 spiro atoms. The lowest BCUT2D eigenvalue weighted by Gasteiger charge is -2.19. The van der Waals surface area contributed by atoms with Crippen molar-refractivity contribution < 1.29 is 19.8 Å². The van der Waals surface area contributed by atoms with E-state index in [1.165, 1.54) is 12.1 Å². The van der Waals surface area contributed by atoms with Gasteiger partial charge < -0.3 is 10.2 Å². The molecule has 0 aliphatic carbocycles. The quantitative estimate of drug-likeness (QED) is 0.816. The average molecular weight is 270 g/mol. The molecule has 2 aromatic carbocycles. The van der Waals surface area contributed by atoms with Crippen LogP contribution in [0, 0.1) is 0 Å². The fraction of sp³-hybridized carbons (Fsp3) is 0.125. The number of carbonyl (C=O) groups excluding carboxylic acids is 2. The Bertz CT molecular complexity index is 566. The van der Waals surface area contributed by atoms with Crippen molar-refractivity contribution in [1.29, 1.82) is 0 Å². The van der Waals surface area contributed by atoms with Crippen LogP contribution < -0.4 is 0 Å². The van der Waals surface area contributed by atoms with Gasteiger partial charge in [0.1, 0.15) is 24.8 Å². The van der Waals surface area contributed by atoms with E-state index in [0.29, 0.717) is 34.8 Å². The second-order valence-electron chi connectivity index (χ2n) is 4.47. The van der Waals surface area contributed by atoms with Crippen molar-refractivity contribution >= 4 is 12.6 Å². The first-order valence-electron chi connectivity index (χ1n) is 6.12. The molecule has 2 atom stereocenters. The summed E-state index contributed by atoms with van der Waals surface area (Å²) in [6, 6.07) is 12.8. The second kappa shape index (κ2) is 6.23. The number of benzene rings is 2. The summed E-state index contributed by atoms with van der Waals surface area (Å²) < 4.78 is 0. The Hall–Kier alpha value is -2.30. The first kappa shape index (κ1) is 14.1. The highest BCUT2D eigenvalue weighted by molar-refractivity contribution is 5.75. The fourth-order valence-electron chi connectivity index (χ4n) is 2.00. The molecular weight excluding hydrogens is 256 g/mol. The Morgan fingerprint density at radius 2 is 1.15 bits per heavy atom. The van der Waals surface area contributed by atoms with E-state index < -0.39 is 12.2 Å². The van der Waals surface area contributed by atoms with Gasteiger partial charge in [-0.25, -0.2) is 0 Å². The van der Waals surface area contributed by atoms with Gasteiger partial charge in [-0.1, -0.05) is 36.4 Å². The predicted octanol–water partition coefficient (Wildman–Crippen LogP) is 2.08. The highest BCUT2D eigenvalue weighted by Crippen LogP contribution is 2.29. The molecule has 4 nitrogen and oxygen atoms in total. The van der Waals surface area contributed by atoms with Gasteiger partial charge in [0.25, 0.3) is 0 Å². The molecule has 0 aromatic heterocycles. The number of aliphatic hydroxyl groups excluding tert-OH is 2. The molecule has 2 aromatic rings. The summed E-state index contributed by atoms with van der Waals surface area (Å²) in [4.78, 5) is 21.4. The van der Waals surface area contributed by atoms with E-state index in [1.807, 2.05) is 0 Å². The molecule has 0 saturated carbocycles. The van der Waals surface area contributed by atoms with Crippen molar-refractivity contribution in [3.8, 4) is 0 Å². The summed E-state index contributed by atoms with van der Waals surface area (Å²) in [6.07, 6.45) is -0.987. The molecule has 0 heterocycles. The van der Waals surface area contributed by atoms with Crippen molar-refractivity contribution in [2.24, 2.45) is 0 Å². The van der Waals surface area contributed by atoms with Gasteiger partial charge in [-0.05, 0) is 23.3 Å². The van der Waals surface area contributed by atoms with E-state index >= 15 is 0 Å². The lowest BCUT2D eigenvalue weighted by Crippen LogP contribution is -2.11. The van der Waals surface area contributed by atoms with Crippen molar-refractivity contribution in [1.82, 2.24) is 0 Å². The van der Waals surface area contributed by atoms with Gasteiger partial charge in [0.2, 0.25) is 0 Å². The number of aliphatic hydroxyl groups is 2. The maximum atomic E-state index is 10.7. The van der Waals surface area contributed by atoms with E-state index in [4.69, 9.17) is 0 Å². The molecular formula is C16H14O4. The molecule has 2 N–H and O–H groups in total. The highest BCUT2D eigenvalue weighted by Gasteiger charge is 2.20. The zero-order valence-electron chi connectivity index (χ0n) is 10.6. The Labute approximate surface area is 116 Å². The van der Waals surface area contributed by atoms with Gasteiger partial charge in [-0.3, -0.25) is 9.59 Å². The summed E-state index contributed by atoms with van der Waals surface area (Å²) in [7, 11) is 0. The smallest absolute Gasteiger partial charge is 0.150 e. The van der Waals surface area contributed by atoms with Crippen LogP contribution in [-0.4, -0.2) is 22.8 Å². The van der Waals surface area contributed by atoms with Gasteiger partial charge >= 0.3 is 0 Å². The van der Waals surface area contributed by atoms with Crippen LogP contribution in [0.4, 0.5) is 0 Å². The SMILES string of the molecule is O=Cc1cccc(C(O)C(O)c2cccc(C=O)c2)c1. The van der Waals surface area contributed by atoms with E-state index in [2.05, 4.69) is 0 Å². The van der Waals surface area contributed by atoms with Crippen molar-refractivity contribution in [2.45, 2.75) is 12.2 Å². The lowest BCUT2D eigenvalue weighted by atomic mass is 9.96. The largest absolute Gasteiger partial charge is 0.385 e. The first-order chi connectivity index (χ1) is 9.65. The minimum absolute atomic E-state index is 0.426. The number of rotatable bonds is 5. The third-order valence-electron chi connectivity index (χ3n) is 3.08. The molecule has 2 unspecified atom stereocenters. The van der Waals surface area contributed by atoms with Crippen molar-refractivity contribution in [3.05, 3.63) is 70.8 Å². The fourth-order valence-corrected chi connectivity index (χ4v) is 2.00. The van der Waals surface area contributed by atoms with E-state index in [9.17, 15) is 19.8 Å². The Kier molecular flexibility index (Phi) is 4.40. The summed E-state index contributed by atoms with van der Waals surface area (Å²) in [5.41, 5.74) is 1.74. The van der Waals surface area contributed by atoms with Crippen LogP contribution in [0.1, 0.15) is 44.1 Å². The topological polar surface area (TPSA) is 74.6 Å². The van der Waals surface area contributed by atoms with Crippen LogP contribution in [-0.2, 0) is 0 Å². The number of hydrogen-bond donors (Lipinski definition) is 2. The molecule has 0 radical (unpaired) electrons. The van der Waals surface area contributed by atoms with Crippen LogP contribution >= 0.6 is 0 Å². The van der Waals surface area contributed by atoms with Crippen LogP contribution in [0.5, 0.6) is 0 Å². The first-order valence-corrected chi connectivity index (χ1v) is 6.12. The van der Waals surface area contributed by atoms with Crippen LogP contribution in [0.25, 0.3) is 0 Å². The summed E-state index contributed by atoms with van der Waals surface area (Å²) in [5.74, 6) is 0. The predicted molar refractivity (Wildman–Crippen MR) is 73.6 cm³/mol. The Morgan fingerprint density at radius 1 is 0.750 bits per heavy atom. The average Bonchev–Trinajstić information content (AvgIpc) is 2.53. The van der Waals surface area contributed by atoms with Crippen LogP contribution in [0.2, 0.25) is 0 Å².